The largest absolute Gasteiger partial charge is 0.367 e. The number of halogens is 3. The molecule has 0 saturated heterocycles. The normalized spacial score (nSPS) is 13.1. The molecule has 1 aliphatic rings. The van der Waals surface area contributed by atoms with Crippen LogP contribution in [0.5, 0.6) is 0 Å². The molecule has 4 rings (SSSR count). The van der Waals surface area contributed by atoms with Gasteiger partial charge in [0.2, 0.25) is 0 Å². The number of benzene rings is 1. The van der Waals surface area contributed by atoms with Gasteiger partial charge in [-0.15, -0.1) is 12.4 Å². The van der Waals surface area contributed by atoms with Crippen LogP contribution in [0.25, 0.3) is 16.8 Å². The maximum Gasteiger partial charge on any atom is 0.165 e. The van der Waals surface area contributed by atoms with E-state index in [1.165, 1.54) is 11.3 Å². The number of nitrogens with zero attached hydrogens (tertiary/aromatic N) is 3. The highest BCUT2D eigenvalue weighted by molar-refractivity contribution is 6.35. The number of anilines is 1. The zero-order valence-electron chi connectivity index (χ0n) is 16.4. The third-order valence-corrected chi connectivity index (χ3v) is 6.05. The van der Waals surface area contributed by atoms with Crippen molar-refractivity contribution in [1.82, 2.24) is 14.6 Å². The SMILES string of the molecule is CCC(CC)Nc1c2c(nc3c(-c4cc(Cl)ccc4Cl)c(C)nn13)CCC2.Cl. The Hall–Kier alpha value is -1.49. The minimum absolute atomic E-state index is 0. The molecule has 28 heavy (non-hydrogen) atoms. The van der Waals surface area contributed by atoms with Crippen molar-refractivity contribution in [3.05, 3.63) is 45.2 Å². The highest BCUT2D eigenvalue weighted by Gasteiger charge is 2.25. The number of fused-ring (bicyclic) bond motifs is 2. The van der Waals surface area contributed by atoms with Crippen molar-refractivity contribution < 1.29 is 0 Å². The van der Waals surface area contributed by atoms with E-state index in [0.29, 0.717) is 16.1 Å². The second kappa shape index (κ2) is 8.48. The summed E-state index contributed by atoms with van der Waals surface area (Å²) in [5.41, 5.74) is 6.09. The van der Waals surface area contributed by atoms with E-state index in [2.05, 4.69) is 19.2 Å². The van der Waals surface area contributed by atoms with E-state index in [-0.39, 0.29) is 12.4 Å². The van der Waals surface area contributed by atoms with Crippen molar-refractivity contribution in [2.45, 2.75) is 58.9 Å². The Morgan fingerprint density at radius 3 is 2.64 bits per heavy atom. The van der Waals surface area contributed by atoms with Crippen LogP contribution < -0.4 is 5.32 Å². The van der Waals surface area contributed by atoms with Crippen molar-refractivity contribution >= 4 is 47.1 Å². The molecule has 2 heterocycles. The van der Waals surface area contributed by atoms with Crippen molar-refractivity contribution in [2.24, 2.45) is 0 Å². The first kappa shape index (κ1) is 21.2. The van der Waals surface area contributed by atoms with Crippen molar-refractivity contribution in [2.75, 3.05) is 5.32 Å². The highest BCUT2D eigenvalue weighted by atomic mass is 35.5. The minimum Gasteiger partial charge on any atom is -0.367 e. The van der Waals surface area contributed by atoms with E-state index in [1.54, 1.807) is 6.07 Å². The summed E-state index contributed by atoms with van der Waals surface area (Å²) in [5.74, 6) is 1.09. The van der Waals surface area contributed by atoms with Gasteiger partial charge in [-0.1, -0.05) is 37.0 Å². The Kier molecular flexibility index (Phi) is 6.43. The van der Waals surface area contributed by atoms with Crippen LogP contribution in [0.15, 0.2) is 18.2 Å². The van der Waals surface area contributed by atoms with Gasteiger partial charge in [0.05, 0.1) is 11.3 Å². The van der Waals surface area contributed by atoms with Gasteiger partial charge in [-0.2, -0.15) is 9.61 Å². The molecule has 150 valence electrons. The van der Waals surface area contributed by atoms with Crippen LogP contribution in [0.3, 0.4) is 0 Å². The Balaban J connectivity index is 0.00000225. The Morgan fingerprint density at radius 2 is 1.93 bits per heavy atom. The second-order valence-electron chi connectivity index (χ2n) is 7.22. The summed E-state index contributed by atoms with van der Waals surface area (Å²) in [5, 5.41) is 9.91. The number of nitrogens with one attached hydrogen (secondary N) is 1. The summed E-state index contributed by atoms with van der Waals surface area (Å²) in [7, 11) is 0. The van der Waals surface area contributed by atoms with Crippen LogP contribution in [0.1, 0.15) is 50.1 Å². The van der Waals surface area contributed by atoms with Gasteiger partial charge in [-0.05, 0) is 57.2 Å². The van der Waals surface area contributed by atoms with Crippen LogP contribution >= 0.6 is 35.6 Å². The molecule has 0 amide bonds. The third-order valence-electron chi connectivity index (χ3n) is 5.49. The fourth-order valence-corrected chi connectivity index (χ4v) is 4.36. The topological polar surface area (TPSA) is 42.2 Å². The maximum atomic E-state index is 6.51. The Labute approximate surface area is 182 Å². The predicted octanol–water partition coefficient (Wildman–Crippen LogP) is 6.52. The molecule has 0 aliphatic heterocycles. The minimum atomic E-state index is 0. The molecule has 0 spiro atoms. The van der Waals surface area contributed by atoms with Crippen molar-refractivity contribution in [3.63, 3.8) is 0 Å². The third kappa shape index (κ3) is 3.58. The van der Waals surface area contributed by atoms with Gasteiger partial charge >= 0.3 is 0 Å². The van der Waals surface area contributed by atoms with Gasteiger partial charge in [-0.25, -0.2) is 4.98 Å². The van der Waals surface area contributed by atoms with Crippen LogP contribution in [-0.4, -0.2) is 20.6 Å². The molecule has 1 aliphatic carbocycles. The fraction of sp³-hybridized carbons (Fsp3) is 0.429. The summed E-state index contributed by atoms with van der Waals surface area (Å²) >= 11 is 12.8. The standard InChI is InChI=1S/C21H24Cl2N4.ClH/c1-4-14(5-2)24-20-15-7-6-8-18(15)25-21-19(12(3)26-27(20)21)16-11-13(22)9-10-17(16)23;/h9-11,14,24H,4-8H2,1-3H3;1H. The molecule has 0 unspecified atom stereocenters. The van der Waals surface area contributed by atoms with Crippen LogP contribution in [0.2, 0.25) is 10.0 Å². The molecule has 2 aromatic heterocycles. The van der Waals surface area contributed by atoms with Crippen molar-refractivity contribution in [1.29, 1.82) is 0 Å². The molecule has 3 aromatic rings. The van der Waals surface area contributed by atoms with Crippen molar-refractivity contribution in [3.8, 4) is 11.1 Å². The summed E-state index contributed by atoms with van der Waals surface area (Å²) in [6.07, 6.45) is 5.34. The first-order chi connectivity index (χ1) is 13.0. The lowest BCUT2D eigenvalue weighted by Crippen LogP contribution is -2.21. The van der Waals surface area contributed by atoms with Gasteiger partial charge in [-0.3, -0.25) is 0 Å². The molecule has 1 N–H and O–H groups in total. The average molecular weight is 440 g/mol. The average Bonchev–Trinajstić information content (AvgIpc) is 3.24. The molecular weight excluding hydrogens is 415 g/mol. The lowest BCUT2D eigenvalue weighted by molar-refractivity contribution is 0.661. The van der Waals surface area contributed by atoms with Gasteiger partial charge in [0.25, 0.3) is 0 Å². The first-order valence-electron chi connectivity index (χ1n) is 9.66. The number of hydrogen-bond acceptors (Lipinski definition) is 3. The Bertz CT molecular complexity index is 1010. The summed E-state index contributed by atoms with van der Waals surface area (Å²) in [6, 6.07) is 5.96. The van der Waals surface area contributed by atoms with Crippen LogP contribution in [-0.2, 0) is 12.8 Å². The molecule has 0 saturated carbocycles. The van der Waals surface area contributed by atoms with E-state index >= 15 is 0 Å². The van der Waals surface area contributed by atoms with E-state index < -0.39 is 0 Å². The maximum absolute atomic E-state index is 6.51. The zero-order chi connectivity index (χ0) is 19.1. The molecule has 1 aromatic carbocycles. The number of aryl methyl sites for hydroxylation is 2. The smallest absolute Gasteiger partial charge is 0.165 e. The van der Waals surface area contributed by atoms with E-state index in [9.17, 15) is 0 Å². The molecule has 0 fully saturated rings. The molecular formula is C21H25Cl3N4. The molecule has 4 nitrogen and oxygen atoms in total. The molecule has 0 atom stereocenters. The zero-order valence-corrected chi connectivity index (χ0v) is 18.7. The van der Waals surface area contributed by atoms with Crippen LogP contribution in [0, 0.1) is 6.92 Å². The first-order valence-corrected chi connectivity index (χ1v) is 10.4. The lowest BCUT2D eigenvalue weighted by atomic mass is 10.1. The molecule has 7 heteroatoms. The van der Waals surface area contributed by atoms with Gasteiger partial charge in [0.15, 0.2) is 5.65 Å². The van der Waals surface area contributed by atoms with Gasteiger partial charge < -0.3 is 5.32 Å². The summed E-state index contributed by atoms with van der Waals surface area (Å²) in [4.78, 5) is 5.00. The summed E-state index contributed by atoms with van der Waals surface area (Å²) in [6.45, 7) is 6.43. The number of aromatic nitrogens is 3. The Morgan fingerprint density at radius 1 is 1.18 bits per heavy atom. The number of rotatable bonds is 5. The monoisotopic (exact) mass is 438 g/mol. The quantitative estimate of drug-likeness (QED) is 0.492. The highest BCUT2D eigenvalue weighted by Crippen LogP contribution is 2.38. The molecule has 0 radical (unpaired) electrons. The van der Waals surface area contributed by atoms with Gasteiger partial charge in [0.1, 0.15) is 5.82 Å². The lowest BCUT2D eigenvalue weighted by Gasteiger charge is -2.19. The van der Waals surface area contributed by atoms with Crippen LogP contribution in [0.4, 0.5) is 5.82 Å². The fourth-order valence-electron chi connectivity index (χ4n) is 3.97. The molecule has 0 bridgehead atoms. The number of hydrogen-bond donors (Lipinski definition) is 1. The summed E-state index contributed by atoms with van der Waals surface area (Å²) < 4.78 is 1.98. The predicted molar refractivity (Wildman–Crippen MR) is 120 cm³/mol. The van der Waals surface area contributed by atoms with Gasteiger partial charge in [0, 0.05) is 32.9 Å². The van der Waals surface area contributed by atoms with E-state index in [0.717, 1.165) is 60.4 Å². The van der Waals surface area contributed by atoms with E-state index in [4.69, 9.17) is 33.3 Å². The second-order valence-corrected chi connectivity index (χ2v) is 8.06. The van der Waals surface area contributed by atoms with E-state index in [1.807, 2.05) is 23.6 Å².